The molecule has 1 amide bonds. The van der Waals surface area contributed by atoms with Gasteiger partial charge in [-0.1, -0.05) is 6.58 Å². The first-order chi connectivity index (χ1) is 12.1. The Morgan fingerprint density at radius 2 is 2.12 bits per heavy atom. The van der Waals surface area contributed by atoms with E-state index in [0.29, 0.717) is 18.9 Å². The Kier molecular flexibility index (Phi) is 5.40. The molecule has 1 aliphatic heterocycles. The van der Waals surface area contributed by atoms with Gasteiger partial charge in [-0.05, 0) is 31.4 Å². The van der Waals surface area contributed by atoms with E-state index in [1.165, 1.54) is 6.33 Å². The molecule has 1 N–H and O–H groups in total. The van der Waals surface area contributed by atoms with Gasteiger partial charge in [0.2, 0.25) is 5.91 Å². The quantitative estimate of drug-likeness (QED) is 0.781. The molecule has 0 spiro atoms. The number of hydrogen-bond acceptors (Lipinski definition) is 6. The van der Waals surface area contributed by atoms with Gasteiger partial charge in [-0.2, -0.15) is 14.6 Å². The Balaban J connectivity index is 1.73. The number of aliphatic hydroxyl groups is 1. The van der Waals surface area contributed by atoms with E-state index in [0.717, 1.165) is 42.9 Å². The van der Waals surface area contributed by atoms with Crippen molar-refractivity contribution in [3.63, 3.8) is 0 Å². The average Bonchev–Trinajstić information content (AvgIpc) is 3.25. The summed E-state index contributed by atoms with van der Waals surface area (Å²) in [5, 5.41) is 13.5. The molecule has 2 aromatic rings. The standard InChI is InChI=1S/C17H24N6O2/c1-13(15-9-14(2)20-17-18-12-19-23(15)17)10-21(7-8-24)11-16(25)22-5-3-4-6-22/h9,12,24H,1,3-8,10-11H2,2H3. The minimum Gasteiger partial charge on any atom is -0.395 e. The number of aromatic nitrogens is 4. The number of fused-ring (bicyclic) bond motifs is 1. The van der Waals surface area contributed by atoms with Crippen molar-refractivity contribution in [1.29, 1.82) is 0 Å². The SMILES string of the molecule is C=C(CN(CCO)CC(=O)N1CCCC1)c1cc(C)nc2ncnn12. The fraction of sp³-hybridized carbons (Fsp3) is 0.529. The van der Waals surface area contributed by atoms with Crippen molar-refractivity contribution in [2.45, 2.75) is 19.8 Å². The van der Waals surface area contributed by atoms with E-state index in [1.807, 2.05) is 22.8 Å². The van der Waals surface area contributed by atoms with E-state index in [9.17, 15) is 9.90 Å². The molecular formula is C17H24N6O2. The van der Waals surface area contributed by atoms with Crippen molar-refractivity contribution in [1.82, 2.24) is 29.4 Å². The number of carbonyl (C=O) groups is 1. The zero-order valence-corrected chi connectivity index (χ0v) is 14.6. The summed E-state index contributed by atoms with van der Waals surface area (Å²) in [6, 6.07) is 1.91. The highest BCUT2D eigenvalue weighted by Crippen LogP contribution is 2.16. The molecule has 0 atom stereocenters. The maximum atomic E-state index is 12.4. The van der Waals surface area contributed by atoms with Gasteiger partial charge in [0.15, 0.2) is 0 Å². The minimum absolute atomic E-state index is 0.00529. The van der Waals surface area contributed by atoms with Gasteiger partial charge in [-0.15, -0.1) is 0 Å². The molecule has 1 aliphatic rings. The first kappa shape index (κ1) is 17.5. The van der Waals surface area contributed by atoms with Crippen LogP contribution < -0.4 is 0 Å². The number of hydrogen-bond donors (Lipinski definition) is 1. The molecule has 25 heavy (non-hydrogen) atoms. The van der Waals surface area contributed by atoms with Crippen LogP contribution in [0.4, 0.5) is 0 Å². The zero-order valence-electron chi connectivity index (χ0n) is 14.6. The topological polar surface area (TPSA) is 86.9 Å². The van der Waals surface area contributed by atoms with Crippen LogP contribution in [-0.4, -0.2) is 79.7 Å². The van der Waals surface area contributed by atoms with E-state index in [-0.39, 0.29) is 19.1 Å². The van der Waals surface area contributed by atoms with Crippen LogP contribution in [0.5, 0.6) is 0 Å². The van der Waals surface area contributed by atoms with Crippen LogP contribution in [0, 0.1) is 6.92 Å². The van der Waals surface area contributed by atoms with Crippen LogP contribution in [0.15, 0.2) is 19.0 Å². The summed E-state index contributed by atoms with van der Waals surface area (Å²) in [6.45, 7) is 8.88. The fourth-order valence-corrected chi connectivity index (χ4v) is 3.15. The van der Waals surface area contributed by atoms with Gasteiger partial charge < -0.3 is 10.0 Å². The van der Waals surface area contributed by atoms with Crippen molar-refractivity contribution < 1.29 is 9.90 Å². The molecule has 1 saturated heterocycles. The van der Waals surface area contributed by atoms with Gasteiger partial charge >= 0.3 is 0 Å². The first-order valence-electron chi connectivity index (χ1n) is 8.55. The molecule has 3 heterocycles. The Labute approximate surface area is 146 Å². The number of carbonyl (C=O) groups excluding carboxylic acids is 1. The number of rotatable bonds is 7. The third kappa shape index (κ3) is 4.02. The molecule has 0 bridgehead atoms. The highest BCUT2D eigenvalue weighted by Gasteiger charge is 2.21. The summed E-state index contributed by atoms with van der Waals surface area (Å²) in [6.07, 6.45) is 3.60. The number of likely N-dealkylation sites (tertiary alicyclic amines) is 1. The second-order valence-corrected chi connectivity index (χ2v) is 6.38. The summed E-state index contributed by atoms with van der Waals surface area (Å²) >= 11 is 0. The lowest BCUT2D eigenvalue weighted by Gasteiger charge is -2.25. The van der Waals surface area contributed by atoms with Crippen molar-refractivity contribution in [2.75, 3.05) is 39.3 Å². The average molecular weight is 344 g/mol. The van der Waals surface area contributed by atoms with E-state index in [4.69, 9.17) is 0 Å². The van der Waals surface area contributed by atoms with E-state index in [2.05, 4.69) is 21.6 Å². The molecule has 0 radical (unpaired) electrons. The molecule has 8 nitrogen and oxygen atoms in total. The monoisotopic (exact) mass is 344 g/mol. The van der Waals surface area contributed by atoms with Crippen LogP contribution in [0.1, 0.15) is 24.2 Å². The van der Waals surface area contributed by atoms with E-state index in [1.54, 1.807) is 4.52 Å². The molecular weight excluding hydrogens is 320 g/mol. The lowest BCUT2D eigenvalue weighted by atomic mass is 10.1. The van der Waals surface area contributed by atoms with Gasteiger partial charge in [0.1, 0.15) is 6.33 Å². The zero-order chi connectivity index (χ0) is 17.8. The predicted octanol–water partition coefficient (Wildman–Crippen LogP) is 0.363. The predicted molar refractivity (Wildman–Crippen MR) is 93.9 cm³/mol. The maximum Gasteiger partial charge on any atom is 0.252 e. The normalized spacial score (nSPS) is 14.6. The number of aliphatic hydroxyl groups excluding tert-OH is 1. The molecule has 0 aromatic carbocycles. The third-order valence-electron chi connectivity index (χ3n) is 4.39. The van der Waals surface area contributed by atoms with Crippen molar-refractivity contribution >= 4 is 17.3 Å². The van der Waals surface area contributed by atoms with Crippen LogP contribution >= 0.6 is 0 Å². The molecule has 134 valence electrons. The fourth-order valence-electron chi connectivity index (χ4n) is 3.15. The van der Waals surface area contributed by atoms with Gasteiger partial charge in [-0.25, -0.2) is 4.98 Å². The highest BCUT2D eigenvalue weighted by molar-refractivity contribution is 5.79. The summed E-state index contributed by atoms with van der Waals surface area (Å²) < 4.78 is 1.65. The smallest absolute Gasteiger partial charge is 0.252 e. The third-order valence-corrected chi connectivity index (χ3v) is 4.39. The Morgan fingerprint density at radius 1 is 1.36 bits per heavy atom. The lowest BCUT2D eigenvalue weighted by Crippen LogP contribution is -2.40. The van der Waals surface area contributed by atoms with Gasteiger partial charge in [0.25, 0.3) is 5.78 Å². The van der Waals surface area contributed by atoms with Crippen molar-refractivity contribution in [3.8, 4) is 0 Å². The van der Waals surface area contributed by atoms with Crippen LogP contribution in [0.25, 0.3) is 11.4 Å². The Morgan fingerprint density at radius 3 is 2.84 bits per heavy atom. The summed E-state index contributed by atoms with van der Waals surface area (Å²) in [5.74, 6) is 0.633. The van der Waals surface area contributed by atoms with Crippen LogP contribution in [0.3, 0.4) is 0 Å². The molecule has 1 fully saturated rings. The minimum atomic E-state index is -0.00529. The molecule has 0 saturated carbocycles. The lowest BCUT2D eigenvalue weighted by molar-refractivity contribution is -0.131. The van der Waals surface area contributed by atoms with Crippen molar-refractivity contribution in [2.24, 2.45) is 0 Å². The summed E-state index contributed by atoms with van der Waals surface area (Å²) in [4.78, 5) is 24.7. The van der Waals surface area contributed by atoms with E-state index >= 15 is 0 Å². The molecule has 2 aromatic heterocycles. The number of aryl methyl sites for hydroxylation is 1. The molecule has 3 rings (SSSR count). The summed E-state index contributed by atoms with van der Waals surface area (Å²) in [7, 11) is 0. The van der Waals surface area contributed by atoms with Gasteiger partial charge in [0.05, 0.1) is 18.8 Å². The van der Waals surface area contributed by atoms with Crippen LogP contribution in [-0.2, 0) is 4.79 Å². The molecule has 8 heteroatoms. The second kappa shape index (κ2) is 7.71. The molecule has 0 unspecified atom stereocenters. The van der Waals surface area contributed by atoms with Gasteiger partial charge in [-0.3, -0.25) is 9.69 Å². The Hall–Kier alpha value is -2.32. The Bertz CT molecular complexity index is 766. The second-order valence-electron chi connectivity index (χ2n) is 6.38. The van der Waals surface area contributed by atoms with Crippen LogP contribution in [0.2, 0.25) is 0 Å². The first-order valence-corrected chi connectivity index (χ1v) is 8.55. The largest absolute Gasteiger partial charge is 0.395 e. The summed E-state index contributed by atoms with van der Waals surface area (Å²) in [5.41, 5.74) is 2.46. The van der Waals surface area contributed by atoms with Gasteiger partial charge in [0, 0.05) is 31.9 Å². The maximum absolute atomic E-state index is 12.4. The van der Waals surface area contributed by atoms with Crippen molar-refractivity contribution in [3.05, 3.63) is 30.4 Å². The van der Waals surface area contributed by atoms with E-state index < -0.39 is 0 Å². The highest BCUT2D eigenvalue weighted by atomic mass is 16.3. The molecule has 0 aliphatic carbocycles. The number of amides is 1. The number of nitrogens with zero attached hydrogens (tertiary/aromatic N) is 6.